The van der Waals surface area contributed by atoms with Gasteiger partial charge in [0.15, 0.2) is 0 Å². The second kappa shape index (κ2) is 6.30. The molecule has 1 atom stereocenters. The van der Waals surface area contributed by atoms with E-state index in [1.54, 1.807) is 48.5 Å². The number of fused-ring (bicyclic) bond motifs is 1. The second-order valence-corrected chi connectivity index (χ2v) is 5.57. The molecule has 1 heterocycles. The van der Waals surface area contributed by atoms with Crippen LogP contribution in [0.4, 0.5) is 5.69 Å². The summed E-state index contributed by atoms with van der Waals surface area (Å²) in [7, 11) is 0. The van der Waals surface area contributed by atoms with Crippen LogP contribution in [0, 0.1) is 0 Å². The summed E-state index contributed by atoms with van der Waals surface area (Å²) in [5, 5.41) is 11.3. The van der Waals surface area contributed by atoms with Crippen LogP contribution in [-0.4, -0.2) is 24.5 Å². The Balaban J connectivity index is 2.05. The molecular weight excluding hydrogens is 318 g/mol. The predicted molar refractivity (Wildman–Crippen MR) is 83.6 cm³/mol. The molecule has 0 unspecified atom stereocenters. The minimum atomic E-state index is -1.24. The van der Waals surface area contributed by atoms with Crippen LogP contribution in [0.3, 0.4) is 0 Å². The number of carboxylic acids is 1. The maximum atomic E-state index is 12.9. The van der Waals surface area contributed by atoms with Gasteiger partial charge in [0, 0.05) is 12.4 Å². The number of carbonyl (C=O) groups is 2. The maximum Gasteiger partial charge on any atom is 0.260 e. The molecule has 1 amide bonds. The monoisotopic (exact) mass is 330 g/mol. The van der Waals surface area contributed by atoms with Crippen molar-refractivity contribution in [3.05, 3.63) is 59.1 Å². The zero-order chi connectivity index (χ0) is 16.4. The van der Waals surface area contributed by atoms with Crippen molar-refractivity contribution in [3.63, 3.8) is 0 Å². The average molecular weight is 331 g/mol. The normalized spacial score (nSPS) is 16.4. The van der Waals surface area contributed by atoms with Crippen LogP contribution in [0.1, 0.15) is 16.8 Å². The van der Waals surface area contributed by atoms with Crippen LogP contribution in [0.2, 0.25) is 5.02 Å². The summed E-state index contributed by atoms with van der Waals surface area (Å²) in [6.45, 7) is 0.0845. The first kappa shape index (κ1) is 15.4. The number of rotatable bonds is 3. The molecule has 5 nitrogen and oxygen atoms in total. The zero-order valence-electron chi connectivity index (χ0n) is 12.1. The van der Waals surface area contributed by atoms with E-state index in [4.69, 9.17) is 16.3 Å². The summed E-state index contributed by atoms with van der Waals surface area (Å²) in [6, 6.07) is 13.0. The van der Waals surface area contributed by atoms with Gasteiger partial charge >= 0.3 is 0 Å². The van der Waals surface area contributed by atoms with E-state index in [9.17, 15) is 14.7 Å². The number of carbonyl (C=O) groups excluding carboxylic acids is 2. The first-order valence-electron chi connectivity index (χ1n) is 7.07. The Morgan fingerprint density at radius 1 is 1.17 bits per heavy atom. The maximum absolute atomic E-state index is 12.9. The number of aliphatic carboxylic acids is 1. The Labute approximate surface area is 138 Å². The smallest absolute Gasteiger partial charge is 0.260 e. The molecule has 0 saturated heterocycles. The zero-order valence-corrected chi connectivity index (χ0v) is 12.8. The Morgan fingerprint density at radius 3 is 2.61 bits per heavy atom. The number of nitrogens with zero attached hydrogens (tertiary/aromatic N) is 1. The van der Waals surface area contributed by atoms with E-state index in [2.05, 4.69) is 0 Å². The lowest BCUT2D eigenvalue weighted by Gasteiger charge is -2.37. The molecule has 0 aliphatic carbocycles. The number of hydrogen-bond acceptors (Lipinski definition) is 4. The van der Waals surface area contributed by atoms with Crippen LogP contribution in [0.15, 0.2) is 48.5 Å². The summed E-state index contributed by atoms with van der Waals surface area (Å²) in [4.78, 5) is 25.4. The van der Waals surface area contributed by atoms with E-state index < -0.39 is 12.0 Å². The molecule has 2 aromatic carbocycles. The molecular formula is C17H13ClNO4-. The van der Waals surface area contributed by atoms with E-state index in [1.165, 1.54) is 4.90 Å². The standard InChI is InChI=1S/C17H14ClNO4/c18-13-6-2-1-5-12(13)17(22)19-11(9-16(20)21)10-23-15-8-4-3-7-14(15)19/h1-8,11H,9-10H2,(H,20,21)/p-1/t11-/m1/s1. The molecule has 118 valence electrons. The first-order valence-corrected chi connectivity index (χ1v) is 7.45. The SMILES string of the molecule is O=C([O-])C[C@@H]1COc2ccccc2N1C(=O)c1ccccc1Cl. The van der Waals surface area contributed by atoms with Gasteiger partial charge in [-0.05, 0) is 24.3 Å². The lowest BCUT2D eigenvalue weighted by Crippen LogP contribution is -2.49. The van der Waals surface area contributed by atoms with Gasteiger partial charge in [-0.2, -0.15) is 0 Å². The summed E-state index contributed by atoms with van der Waals surface area (Å²) in [5.74, 6) is -1.07. The lowest BCUT2D eigenvalue weighted by atomic mass is 10.1. The minimum Gasteiger partial charge on any atom is -0.550 e. The van der Waals surface area contributed by atoms with Crippen molar-refractivity contribution in [2.45, 2.75) is 12.5 Å². The van der Waals surface area contributed by atoms with Crippen LogP contribution >= 0.6 is 11.6 Å². The Hall–Kier alpha value is -2.53. The van der Waals surface area contributed by atoms with Crippen molar-refractivity contribution in [3.8, 4) is 5.75 Å². The van der Waals surface area contributed by atoms with Crippen molar-refractivity contribution >= 4 is 29.2 Å². The van der Waals surface area contributed by atoms with Gasteiger partial charge in [-0.3, -0.25) is 9.69 Å². The molecule has 6 heteroatoms. The quantitative estimate of drug-likeness (QED) is 0.861. The second-order valence-electron chi connectivity index (χ2n) is 5.16. The Bertz CT molecular complexity index is 762. The first-order chi connectivity index (χ1) is 11.1. The number of benzene rings is 2. The summed E-state index contributed by atoms with van der Waals surface area (Å²) in [6.07, 6.45) is -0.315. The van der Waals surface area contributed by atoms with E-state index in [-0.39, 0.29) is 18.9 Å². The number of ether oxygens (including phenoxy) is 1. The topological polar surface area (TPSA) is 69.7 Å². The molecule has 0 N–H and O–H groups in total. The van der Waals surface area contributed by atoms with Crippen LogP contribution in [-0.2, 0) is 4.79 Å². The number of anilines is 1. The van der Waals surface area contributed by atoms with Gasteiger partial charge in [-0.1, -0.05) is 35.9 Å². The summed E-state index contributed by atoms with van der Waals surface area (Å²) < 4.78 is 5.57. The third-order valence-electron chi connectivity index (χ3n) is 3.65. The highest BCUT2D eigenvalue weighted by Gasteiger charge is 2.33. The molecule has 1 aliphatic heterocycles. The van der Waals surface area contributed by atoms with Crippen LogP contribution in [0.25, 0.3) is 0 Å². The molecule has 0 aromatic heterocycles. The molecule has 0 spiro atoms. The lowest BCUT2D eigenvalue weighted by molar-refractivity contribution is -0.306. The van der Waals surface area contributed by atoms with E-state index in [0.29, 0.717) is 22.0 Å². The molecule has 3 rings (SSSR count). The van der Waals surface area contributed by atoms with Crippen molar-refractivity contribution in [2.75, 3.05) is 11.5 Å². The van der Waals surface area contributed by atoms with Gasteiger partial charge < -0.3 is 14.6 Å². The van der Waals surface area contributed by atoms with Crippen molar-refractivity contribution in [2.24, 2.45) is 0 Å². The third kappa shape index (κ3) is 3.00. The van der Waals surface area contributed by atoms with Crippen LogP contribution < -0.4 is 14.7 Å². The molecule has 0 saturated carbocycles. The predicted octanol–water partition coefficient (Wildman–Crippen LogP) is 1.89. The molecule has 23 heavy (non-hydrogen) atoms. The van der Waals surface area contributed by atoms with E-state index in [1.807, 2.05) is 0 Å². The minimum absolute atomic E-state index is 0.0845. The largest absolute Gasteiger partial charge is 0.550 e. The van der Waals surface area contributed by atoms with Gasteiger partial charge in [-0.15, -0.1) is 0 Å². The highest BCUT2D eigenvalue weighted by molar-refractivity contribution is 6.34. The fourth-order valence-electron chi connectivity index (χ4n) is 2.62. The number of carboxylic acid groups (broad SMARTS) is 1. The van der Waals surface area contributed by atoms with Gasteiger partial charge in [0.05, 0.1) is 22.3 Å². The molecule has 2 aromatic rings. The molecule has 1 aliphatic rings. The van der Waals surface area contributed by atoms with Crippen molar-refractivity contribution in [1.82, 2.24) is 0 Å². The molecule has 0 bridgehead atoms. The van der Waals surface area contributed by atoms with Crippen LogP contribution in [0.5, 0.6) is 5.75 Å². The Morgan fingerprint density at radius 2 is 1.87 bits per heavy atom. The number of para-hydroxylation sites is 2. The highest BCUT2D eigenvalue weighted by Crippen LogP contribution is 2.36. The Kier molecular flexibility index (Phi) is 4.21. The van der Waals surface area contributed by atoms with Gasteiger partial charge in [0.25, 0.3) is 5.91 Å². The third-order valence-corrected chi connectivity index (χ3v) is 3.98. The van der Waals surface area contributed by atoms with E-state index in [0.717, 1.165) is 0 Å². The number of hydrogen-bond donors (Lipinski definition) is 0. The highest BCUT2D eigenvalue weighted by atomic mass is 35.5. The fourth-order valence-corrected chi connectivity index (χ4v) is 2.83. The summed E-state index contributed by atoms with van der Waals surface area (Å²) in [5.41, 5.74) is 0.837. The van der Waals surface area contributed by atoms with Gasteiger partial charge in [0.2, 0.25) is 0 Å². The fraction of sp³-hybridized carbons (Fsp3) is 0.176. The average Bonchev–Trinajstić information content (AvgIpc) is 2.54. The van der Waals surface area contributed by atoms with E-state index >= 15 is 0 Å². The van der Waals surface area contributed by atoms with Gasteiger partial charge in [0.1, 0.15) is 12.4 Å². The van der Waals surface area contributed by atoms with Crippen molar-refractivity contribution < 1.29 is 19.4 Å². The van der Waals surface area contributed by atoms with Gasteiger partial charge in [-0.25, -0.2) is 0 Å². The molecule has 0 radical (unpaired) electrons. The molecule has 0 fully saturated rings. The van der Waals surface area contributed by atoms with Crippen molar-refractivity contribution in [1.29, 1.82) is 0 Å². The number of halogens is 1. The number of amides is 1. The summed E-state index contributed by atoms with van der Waals surface area (Å²) >= 11 is 6.11.